The highest BCUT2D eigenvalue weighted by Crippen LogP contribution is 2.21. The van der Waals surface area contributed by atoms with Gasteiger partial charge in [-0.1, -0.05) is 20.8 Å². The number of nitrogens with two attached hydrogens (primary N) is 1. The van der Waals surface area contributed by atoms with Gasteiger partial charge in [-0.2, -0.15) is 0 Å². The van der Waals surface area contributed by atoms with Crippen LogP contribution in [-0.4, -0.2) is 22.6 Å². The fourth-order valence-corrected chi connectivity index (χ4v) is 1.98. The Morgan fingerprint density at radius 2 is 2.21 bits per heavy atom. The normalized spacial score (nSPS) is 11.6. The molecule has 0 saturated carbocycles. The van der Waals surface area contributed by atoms with Gasteiger partial charge in [0.2, 0.25) is 0 Å². The van der Waals surface area contributed by atoms with Crippen molar-refractivity contribution in [2.45, 2.75) is 46.6 Å². The Hall–Kier alpha value is -1.36. The van der Waals surface area contributed by atoms with Crippen LogP contribution >= 0.6 is 0 Å². The molecule has 108 valence electrons. The van der Waals surface area contributed by atoms with Crippen molar-refractivity contribution in [2.75, 3.05) is 18.4 Å². The summed E-state index contributed by atoms with van der Waals surface area (Å²) < 4.78 is 1.70. The molecule has 0 fully saturated rings. The largest absolute Gasteiger partial charge is 0.365 e. The summed E-state index contributed by atoms with van der Waals surface area (Å²) in [7, 11) is 0. The first-order valence-corrected chi connectivity index (χ1v) is 6.99. The Labute approximate surface area is 115 Å². The van der Waals surface area contributed by atoms with E-state index in [1.54, 1.807) is 17.0 Å². The van der Waals surface area contributed by atoms with Crippen LogP contribution in [0.3, 0.4) is 0 Å². The van der Waals surface area contributed by atoms with Gasteiger partial charge in [0, 0.05) is 25.5 Å². The lowest BCUT2D eigenvalue weighted by molar-refractivity contribution is 0.349. The summed E-state index contributed by atoms with van der Waals surface area (Å²) in [4.78, 5) is 16.2. The molecule has 0 aliphatic rings. The molecule has 0 aliphatic heterocycles. The number of rotatable bonds is 8. The van der Waals surface area contributed by atoms with E-state index in [9.17, 15) is 4.79 Å². The molecule has 0 atom stereocenters. The smallest absolute Gasteiger partial charge is 0.293 e. The van der Waals surface area contributed by atoms with Crippen molar-refractivity contribution in [3.05, 3.63) is 22.7 Å². The summed E-state index contributed by atoms with van der Waals surface area (Å²) in [5.74, 6) is 0.441. The third-order valence-electron chi connectivity index (χ3n) is 3.17. The molecular formula is C14H26N4O. The fraction of sp³-hybridized carbons (Fsp3) is 0.714. The van der Waals surface area contributed by atoms with Crippen LogP contribution in [0.2, 0.25) is 0 Å². The molecule has 5 nitrogen and oxygen atoms in total. The van der Waals surface area contributed by atoms with Crippen LogP contribution in [0.15, 0.2) is 17.2 Å². The van der Waals surface area contributed by atoms with Gasteiger partial charge in [0.1, 0.15) is 0 Å². The van der Waals surface area contributed by atoms with Crippen LogP contribution in [0, 0.1) is 5.41 Å². The average molecular weight is 266 g/mol. The predicted octanol–water partition coefficient (Wildman–Crippen LogP) is 1.83. The van der Waals surface area contributed by atoms with Crippen molar-refractivity contribution < 1.29 is 0 Å². The number of nitrogens with one attached hydrogen (secondary N) is 1. The maximum Gasteiger partial charge on any atom is 0.293 e. The summed E-state index contributed by atoms with van der Waals surface area (Å²) in [5.41, 5.74) is 5.60. The van der Waals surface area contributed by atoms with Crippen molar-refractivity contribution >= 4 is 5.82 Å². The van der Waals surface area contributed by atoms with Gasteiger partial charge in [0.05, 0.1) is 0 Å². The third kappa shape index (κ3) is 5.03. The molecule has 0 unspecified atom stereocenters. The second kappa shape index (κ2) is 7.28. The second-order valence-corrected chi connectivity index (χ2v) is 5.68. The van der Waals surface area contributed by atoms with E-state index in [4.69, 9.17) is 5.73 Å². The van der Waals surface area contributed by atoms with Gasteiger partial charge < -0.3 is 15.6 Å². The summed E-state index contributed by atoms with van der Waals surface area (Å²) in [5, 5.41) is 3.18. The lowest BCUT2D eigenvalue weighted by Crippen LogP contribution is -2.29. The highest BCUT2D eigenvalue weighted by Gasteiger charge is 2.17. The lowest BCUT2D eigenvalue weighted by atomic mass is 9.88. The van der Waals surface area contributed by atoms with E-state index < -0.39 is 0 Å². The van der Waals surface area contributed by atoms with Gasteiger partial charge in [0.25, 0.3) is 5.56 Å². The predicted molar refractivity (Wildman–Crippen MR) is 79.3 cm³/mol. The molecule has 1 rings (SSSR count). The molecule has 19 heavy (non-hydrogen) atoms. The van der Waals surface area contributed by atoms with E-state index >= 15 is 0 Å². The minimum atomic E-state index is -0.0426. The zero-order valence-corrected chi connectivity index (χ0v) is 12.3. The highest BCUT2D eigenvalue weighted by molar-refractivity contribution is 5.31. The van der Waals surface area contributed by atoms with Crippen LogP contribution in [-0.2, 0) is 6.54 Å². The topological polar surface area (TPSA) is 72.9 Å². The molecule has 3 N–H and O–H groups in total. The van der Waals surface area contributed by atoms with E-state index in [2.05, 4.69) is 31.1 Å². The van der Waals surface area contributed by atoms with Crippen molar-refractivity contribution in [3.8, 4) is 0 Å². The first-order valence-electron chi connectivity index (χ1n) is 6.99. The van der Waals surface area contributed by atoms with Gasteiger partial charge in [-0.25, -0.2) is 4.98 Å². The number of hydrogen-bond donors (Lipinski definition) is 2. The van der Waals surface area contributed by atoms with Crippen LogP contribution in [0.5, 0.6) is 0 Å². The molecule has 0 aliphatic carbocycles. The van der Waals surface area contributed by atoms with Crippen LogP contribution in [0.25, 0.3) is 0 Å². The molecule has 0 bridgehead atoms. The molecule has 0 saturated heterocycles. The minimum Gasteiger partial charge on any atom is -0.365 e. The number of anilines is 1. The first-order chi connectivity index (χ1) is 9.00. The maximum atomic E-state index is 12.1. The quantitative estimate of drug-likeness (QED) is 0.753. The Morgan fingerprint density at radius 1 is 1.47 bits per heavy atom. The Balaban J connectivity index is 2.67. The van der Waals surface area contributed by atoms with E-state index in [-0.39, 0.29) is 11.0 Å². The molecule has 0 spiro atoms. The zero-order valence-electron chi connectivity index (χ0n) is 12.3. The molecule has 5 heteroatoms. The standard InChI is InChI=1S/C14H26N4O/c1-4-9-18-10-8-16-12(13(18)19)17-11-14(2,3)6-5-7-15/h8,10H,4-7,9,11,15H2,1-3H3,(H,16,17). The molecule has 1 aromatic heterocycles. The molecule has 1 heterocycles. The molecule has 0 radical (unpaired) electrons. The monoisotopic (exact) mass is 266 g/mol. The van der Waals surface area contributed by atoms with E-state index in [1.807, 2.05) is 0 Å². The van der Waals surface area contributed by atoms with E-state index in [1.165, 1.54) is 0 Å². The molecule has 1 aromatic rings. The van der Waals surface area contributed by atoms with Crippen molar-refractivity contribution in [1.29, 1.82) is 0 Å². The Kier molecular flexibility index (Phi) is 6.02. The van der Waals surface area contributed by atoms with E-state index in [0.717, 1.165) is 32.4 Å². The molecule has 0 amide bonds. The number of hydrogen-bond acceptors (Lipinski definition) is 4. The Bertz CT molecular complexity index is 439. The van der Waals surface area contributed by atoms with E-state index in [0.29, 0.717) is 12.4 Å². The van der Waals surface area contributed by atoms with Gasteiger partial charge in [-0.15, -0.1) is 0 Å². The second-order valence-electron chi connectivity index (χ2n) is 5.68. The summed E-state index contributed by atoms with van der Waals surface area (Å²) >= 11 is 0. The zero-order chi connectivity index (χ0) is 14.3. The van der Waals surface area contributed by atoms with Gasteiger partial charge in [-0.05, 0) is 31.2 Å². The number of aryl methyl sites for hydroxylation is 1. The molecule has 0 aromatic carbocycles. The van der Waals surface area contributed by atoms with Gasteiger partial charge in [0.15, 0.2) is 5.82 Å². The van der Waals surface area contributed by atoms with Crippen molar-refractivity contribution in [1.82, 2.24) is 9.55 Å². The highest BCUT2D eigenvalue weighted by atomic mass is 16.1. The lowest BCUT2D eigenvalue weighted by Gasteiger charge is -2.24. The summed E-state index contributed by atoms with van der Waals surface area (Å²) in [6, 6.07) is 0. The van der Waals surface area contributed by atoms with Crippen LogP contribution < -0.4 is 16.6 Å². The van der Waals surface area contributed by atoms with Crippen LogP contribution in [0.1, 0.15) is 40.0 Å². The van der Waals surface area contributed by atoms with Gasteiger partial charge >= 0.3 is 0 Å². The van der Waals surface area contributed by atoms with Crippen molar-refractivity contribution in [2.24, 2.45) is 11.1 Å². The molecular weight excluding hydrogens is 240 g/mol. The maximum absolute atomic E-state index is 12.1. The Morgan fingerprint density at radius 3 is 2.84 bits per heavy atom. The average Bonchev–Trinajstić information content (AvgIpc) is 2.38. The minimum absolute atomic E-state index is 0.0426. The van der Waals surface area contributed by atoms with Crippen LogP contribution in [0.4, 0.5) is 5.82 Å². The SMILES string of the molecule is CCCn1ccnc(NCC(C)(C)CCCN)c1=O. The number of aromatic nitrogens is 2. The van der Waals surface area contributed by atoms with Crippen molar-refractivity contribution in [3.63, 3.8) is 0 Å². The third-order valence-corrected chi connectivity index (χ3v) is 3.17. The summed E-state index contributed by atoms with van der Waals surface area (Å²) in [6.45, 7) is 8.55. The fourth-order valence-electron chi connectivity index (χ4n) is 1.98. The first kappa shape index (κ1) is 15.7. The summed E-state index contributed by atoms with van der Waals surface area (Å²) in [6.07, 6.45) is 6.37. The number of nitrogens with zero attached hydrogens (tertiary/aromatic N) is 2. The van der Waals surface area contributed by atoms with Gasteiger partial charge in [-0.3, -0.25) is 4.79 Å².